The van der Waals surface area contributed by atoms with E-state index in [0.717, 1.165) is 33.7 Å². The van der Waals surface area contributed by atoms with E-state index in [9.17, 15) is 24.0 Å². The minimum absolute atomic E-state index is 0.0280. The average Bonchev–Trinajstić information content (AvgIpc) is 3.17. The Balaban J connectivity index is 1.23. The van der Waals surface area contributed by atoms with Crippen molar-refractivity contribution in [2.24, 2.45) is 0 Å². The standard InChI is InChI=1S/C41H34O11/c1-4-36(42)35-25-34(51-40(45)30-9-7-28-23-32(13-11-26(28)21-30)47-17-19-49-38(43)5-2)15-16-37(35)52-41(46)31-10-8-29-24-33(14-12-27(29)22-31)48-18-20-50-39(44)6-3/h5-16,21-25H,2-4,17-20H2,1H3. The largest absolute Gasteiger partial charge is 0.490 e. The number of carbonyl (C=O) groups excluding carboxylic acids is 5. The van der Waals surface area contributed by atoms with Crippen LogP contribution < -0.4 is 18.9 Å². The van der Waals surface area contributed by atoms with Crippen LogP contribution in [0.25, 0.3) is 21.5 Å². The van der Waals surface area contributed by atoms with Gasteiger partial charge < -0.3 is 28.4 Å². The third-order valence-electron chi connectivity index (χ3n) is 7.61. The van der Waals surface area contributed by atoms with Gasteiger partial charge in [0.1, 0.15) is 49.4 Å². The van der Waals surface area contributed by atoms with Crippen molar-refractivity contribution in [3.63, 3.8) is 0 Å². The zero-order valence-electron chi connectivity index (χ0n) is 28.3. The zero-order valence-corrected chi connectivity index (χ0v) is 28.3. The molecule has 0 N–H and O–H groups in total. The molecule has 11 nitrogen and oxygen atoms in total. The number of benzene rings is 5. The van der Waals surface area contributed by atoms with Crippen molar-refractivity contribution in [1.82, 2.24) is 0 Å². The van der Waals surface area contributed by atoms with Crippen LogP contribution >= 0.6 is 0 Å². The molecule has 0 unspecified atom stereocenters. The summed E-state index contributed by atoms with van der Waals surface area (Å²) in [6.07, 6.45) is 2.28. The second-order valence-corrected chi connectivity index (χ2v) is 11.1. The van der Waals surface area contributed by atoms with E-state index in [1.807, 2.05) is 0 Å². The van der Waals surface area contributed by atoms with E-state index in [2.05, 4.69) is 13.2 Å². The monoisotopic (exact) mass is 702 g/mol. The van der Waals surface area contributed by atoms with Gasteiger partial charge in [-0.25, -0.2) is 19.2 Å². The molecule has 0 aliphatic heterocycles. The van der Waals surface area contributed by atoms with Crippen LogP contribution in [0.2, 0.25) is 0 Å². The Morgan fingerprint density at radius 3 is 1.50 bits per heavy atom. The van der Waals surface area contributed by atoms with Crippen molar-refractivity contribution < 1.29 is 52.4 Å². The highest BCUT2D eigenvalue weighted by Crippen LogP contribution is 2.29. The van der Waals surface area contributed by atoms with Gasteiger partial charge in [0, 0.05) is 18.6 Å². The van der Waals surface area contributed by atoms with Crippen molar-refractivity contribution in [2.75, 3.05) is 26.4 Å². The summed E-state index contributed by atoms with van der Waals surface area (Å²) in [5, 5.41) is 3.12. The lowest BCUT2D eigenvalue weighted by atomic mass is 10.1. The normalized spacial score (nSPS) is 10.6. The third-order valence-corrected chi connectivity index (χ3v) is 7.61. The van der Waals surface area contributed by atoms with Crippen molar-refractivity contribution in [3.05, 3.63) is 133 Å². The van der Waals surface area contributed by atoms with E-state index in [0.29, 0.717) is 11.5 Å². The second-order valence-electron chi connectivity index (χ2n) is 11.1. The molecule has 5 aromatic carbocycles. The van der Waals surface area contributed by atoms with Crippen LogP contribution in [0.3, 0.4) is 0 Å². The van der Waals surface area contributed by atoms with Gasteiger partial charge in [-0.2, -0.15) is 0 Å². The van der Waals surface area contributed by atoms with Crippen molar-refractivity contribution in [3.8, 4) is 23.0 Å². The summed E-state index contributed by atoms with van der Waals surface area (Å²) >= 11 is 0. The molecule has 0 atom stereocenters. The van der Waals surface area contributed by atoms with Gasteiger partial charge in [-0.1, -0.05) is 44.3 Å². The Bertz CT molecular complexity index is 2180. The summed E-state index contributed by atoms with van der Waals surface area (Å²) in [6, 6.07) is 24.9. The molecular formula is C41H34O11. The number of fused-ring (bicyclic) bond motifs is 2. The van der Waals surface area contributed by atoms with Gasteiger partial charge in [-0.05, 0) is 88.3 Å². The van der Waals surface area contributed by atoms with Crippen LogP contribution in [-0.4, -0.2) is 56.1 Å². The summed E-state index contributed by atoms with van der Waals surface area (Å²) in [5.41, 5.74) is 0.625. The van der Waals surface area contributed by atoms with Crippen LogP contribution in [0, 0.1) is 0 Å². The maximum absolute atomic E-state index is 13.2. The van der Waals surface area contributed by atoms with E-state index in [-0.39, 0.29) is 66.8 Å². The predicted molar refractivity (Wildman–Crippen MR) is 192 cm³/mol. The number of ether oxygens (including phenoxy) is 6. The lowest BCUT2D eigenvalue weighted by Gasteiger charge is -2.12. The molecule has 5 rings (SSSR count). The molecule has 52 heavy (non-hydrogen) atoms. The molecule has 11 heteroatoms. The number of rotatable bonds is 16. The van der Waals surface area contributed by atoms with Crippen LogP contribution in [0.15, 0.2) is 116 Å². The average molecular weight is 703 g/mol. The van der Waals surface area contributed by atoms with Crippen LogP contribution in [0.5, 0.6) is 23.0 Å². The molecular weight excluding hydrogens is 668 g/mol. The first-order valence-corrected chi connectivity index (χ1v) is 16.2. The Hall–Kier alpha value is -6.75. The molecule has 0 radical (unpaired) electrons. The molecule has 0 aromatic heterocycles. The van der Waals surface area contributed by atoms with E-state index < -0.39 is 23.9 Å². The molecule has 0 spiro atoms. The number of hydrogen-bond acceptors (Lipinski definition) is 11. The van der Waals surface area contributed by atoms with Crippen molar-refractivity contribution >= 4 is 51.2 Å². The SMILES string of the molecule is C=CC(=O)OCCOc1ccc2cc(C(=O)Oc3ccc(OC(=O)c4ccc5cc(OCCOC(=O)C=C)ccc5c4)c(C(=O)CC)c3)ccc2c1. The third kappa shape index (κ3) is 9.48. The Kier molecular flexibility index (Phi) is 12.1. The van der Waals surface area contributed by atoms with Gasteiger partial charge >= 0.3 is 23.9 Å². The van der Waals surface area contributed by atoms with Gasteiger partial charge in [0.25, 0.3) is 0 Å². The Labute approximate surface area is 298 Å². The Morgan fingerprint density at radius 2 is 1.00 bits per heavy atom. The second kappa shape index (κ2) is 17.3. The first-order valence-electron chi connectivity index (χ1n) is 16.2. The fourth-order valence-corrected chi connectivity index (χ4v) is 5.00. The molecule has 0 saturated heterocycles. The summed E-state index contributed by atoms with van der Waals surface area (Å²) in [5.74, 6) is -1.44. The first kappa shape index (κ1) is 36.5. The molecule has 0 saturated carbocycles. The highest BCUT2D eigenvalue weighted by Gasteiger charge is 2.19. The van der Waals surface area contributed by atoms with E-state index in [1.54, 1.807) is 79.7 Å². The number of Topliss-reactive ketones (excluding diaryl/α,β-unsaturated/α-hetero) is 1. The Morgan fingerprint density at radius 1 is 0.538 bits per heavy atom. The summed E-state index contributed by atoms with van der Waals surface area (Å²) < 4.78 is 32.3. The number of ketones is 1. The van der Waals surface area contributed by atoms with E-state index in [4.69, 9.17) is 28.4 Å². The molecule has 0 aliphatic carbocycles. The number of esters is 4. The number of hydrogen-bond donors (Lipinski definition) is 0. The summed E-state index contributed by atoms with van der Waals surface area (Å²) in [4.78, 5) is 61.6. The van der Waals surface area contributed by atoms with E-state index in [1.165, 1.54) is 18.2 Å². The lowest BCUT2D eigenvalue weighted by Crippen LogP contribution is -2.13. The molecule has 0 heterocycles. The van der Waals surface area contributed by atoms with Crippen LogP contribution in [-0.2, 0) is 19.1 Å². The highest BCUT2D eigenvalue weighted by atomic mass is 16.6. The predicted octanol–water partition coefficient (Wildman–Crippen LogP) is 7.24. The lowest BCUT2D eigenvalue weighted by molar-refractivity contribution is -0.139. The molecule has 0 fully saturated rings. The van der Waals surface area contributed by atoms with Gasteiger partial charge in [0.2, 0.25) is 0 Å². The molecule has 0 amide bonds. The van der Waals surface area contributed by atoms with Gasteiger partial charge in [0.15, 0.2) is 5.78 Å². The smallest absolute Gasteiger partial charge is 0.343 e. The van der Waals surface area contributed by atoms with E-state index >= 15 is 0 Å². The minimum Gasteiger partial charge on any atom is -0.490 e. The fourth-order valence-electron chi connectivity index (χ4n) is 5.00. The summed E-state index contributed by atoms with van der Waals surface area (Å²) in [7, 11) is 0. The van der Waals surface area contributed by atoms with Crippen molar-refractivity contribution in [2.45, 2.75) is 13.3 Å². The van der Waals surface area contributed by atoms with Gasteiger partial charge in [-0.15, -0.1) is 0 Å². The quantitative estimate of drug-likeness (QED) is 0.0338. The van der Waals surface area contributed by atoms with Gasteiger partial charge in [0.05, 0.1) is 16.7 Å². The molecule has 5 aromatic rings. The number of carbonyl (C=O) groups is 5. The van der Waals surface area contributed by atoms with Crippen molar-refractivity contribution in [1.29, 1.82) is 0 Å². The maximum atomic E-state index is 13.2. The van der Waals surface area contributed by atoms with Crippen LogP contribution in [0.1, 0.15) is 44.4 Å². The van der Waals surface area contributed by atoms with Gasteiger partial charge in [-0.3, -0.25) is 4.79 Å². The maximum Gasteiger partial charge on any atom is 0.343 e. The molecule has 0 aliphatic rings. The topological polar surface area (TPSA) is 141 Å². The molecule has 0 bridgehead atoms. The molecule has 264 valence electrons. The zero-order chi connectivity index (χ0) is 37.0. The first-order chi connectivity index (χ1) is 25.2. The highest BCUT2D eigenvalue weighted by molar-refractivity contribution is 6.02. The van der Waals surface area contributed by atoms with Crippen LogP contribution in [0.4, 0.5) is 0 Å². The fraction of sp³-hybridized carbons (Fsp3) is 0.146. The minimum atomic E-state index is -0.679. The summed E-state index contributed by atoms with van der Waals surface area (Å²) in [6.45, 7) is 8.83.